The van der Waals surface area contributed by atoms with Crippen molar-refractivity contribution in [1.82, 2.24) is 15.3 Å². The number of nitrogens with one attached hydrogen (secondary N) is 1. The summed E-state index contributed by atoms with van der Waals surface area (Å²) in [6, 6.07) is 21.7. The molecule has 0 radical (unpaired) electrons. The van der Waals surface area contributed by atoms with Crippen molar-refractivity contribution in [3.8, 4) is 0 Å². The average molecular weight is 351 g/mol. The molecule has 2 unspecified atom stereocenters. The molecule has 0 saturated carbocycles. The van der Waals surface area contributed by atoms with Crippen LogP contribution in [0.1, 0.15) is 37.0 Å². The van der Waals surface area contributed by atoms with Crippen molar-refractivity contribution in [1.29, 1.82) is 0 Å². The molecule has 2 aliphatic rings. The zero-order valence-electron chi connectivity index (χ0n) is 15.8. The van der Waals surface area contributed by atoms with Crippen LogP contribution in [0, 0.1) is 0 Å². The van der Waals surface area contributed by atoms with Gasteiger partial charge >= 0.3 is 0 Å². The highest BCUT2D eigenvalue weighted by molar-refractivity contribution is 5.20. The van der Waals surface area contributed by atoms with Crippen molar-refractivity contribution in [2.24, 2.45) is 0 Å². The van der Waals surface area contributed by atoms with Crippen LogP contribution >= 0.6 is 0 Å². The predicted molar refractivity (Wildman–Crippen MR) is 104 cm³/mol. The summed E-state index contributed by atoms with van der Waals surface area (Å²) in [6.45, 7) is 5.34. The van der Waals surface area contributed by atoms with Crippen molar-refractivity contribution >= 4 is 0 Å². The Bertz CT molecular complexity index is 698. The molecule has 2 aliphatic heterocycles. The minimum absolute atomic E-state index is 0.100. The van der Waals surface area contributed by atoms with Gasteiger partial charge in [-0.3, -0.25) is 4.90 Å². The highest BCUT2D eigenvalue weighted by Gasteiger charge is 2.45. The first-order valence-electron chi connectivity index (χ1n) is 9.65. The predicted octanol–water partition coefficient (Wildman–Crippen LogP) is 3.58. The second kappa shape index (κ2) is 7.49. The second-order valence-electron chi connectivity index (χ2n) is 7.67. The zero-order valence-corrected chi connectivity index (χ0v) is 15.8. The molecule has 1 N–H and O–H groups in total. The lowest BCUT2D eigenvalue weighted by molar-refractivity contribution is -0.236. The number of likely N-dealkylation sites (N-methyl/N-ethyl adjacent to an activating group) is 1. The first-order chi connectivity index (χ1) is 12.7. The van der Waals surface area contributed by atoms with Crippen molar-refractivity contribution in [2.45, 2.75) is 44.2 Å². The van der Waals surface area contributed by atoms with Crippen LogP contribution < -0.4 is 5.43 Å². The number of benzene rings is 2. The van der Waals surface area contributed by atoms with Gasteiger partial charge in [-0.15, -0.1) is 0 Å². The van der Waals surface area contributed by atoms with Gasteiger partial charge in [0.25, 0.3) is 0 Å². The van der Waals surface area contributed by atoms with Gasteiger partial charge in [0, 0.05) is 39.5 Å². The number of ether oxygens (including phenoxy) is 1. The summed E-state index contributed by atoms with van der Waals surface area (Å²) in [5.41, 5.74) is 6.04. The van der Waals surface area contributed by atoms with E-state index in [-0.39, 0.29) is 11.8 Å². The number of nitrogens with zero attached hydrogens (tertiary/aromatic N) is 2. The molecule has 26 heavy (non-hydrogen) atoms. The third-order valence-electron chi connectivity index (χ3n) is 5.82. The van der Waals surface area contributed by atoms with Crippen molar-refractivity contribution in [2.75, 3.05) is 20.1 Å². The van der Waals surface area contributed by atoms with Crippen LogP contribution in [0.15, 0.2) is 60.7 Å². The maximum absolute atomic E-state index is 6.70. The van der Waals surface area contributed by atoms with Gasteiger partial charge in [-0.05, 0) is 18.1 Å². The maximum Gasteiger partial charge on any atom is 0.134 e. The van der Waals surface area contributed by atoms with Gasteiger partial charge in [-0.2, -0.15) is 0 Å². The topological polar surface area (TPSA) is 27.7 Å². The SMILES string of the molecule is CC1C(c2ccccc2)OC2(CCN(Cc3ccccc3)CC2)NN1C. The van der Waals surface area contributed by atoms with Gasteiger partial charge in [0.05, 0.1) is 6.04 Å². The van der Waals surface area contributed by atoms with Gasteiger partial charge in [-0.25, -0.2) is 10.4 Å². The standard InChI is InChI=1S/C22H29N3O/c1-18-21(20-11-7-4-8-12-20)26-22(23-24(18)2)13-15-25(16-14-22)17-19-9-5-3-6-10-19/h3-12,18,21,23H,13-17H2,1-2H3. The Morgan fingerprint density at radius 1 is 1.00 bits per heavy atom. The van der Waals surface area contributed by atoms with E-state index in [9.17, 15) is 0 Å². The largest absolute Gasteiger partial charge is 0.350 e. The molecule has 138 valence electrons. The number of hydrogen-bond acceptors (Lipinski definition) is 4. The Balaban J connectivity index is 1.44. The highest BCUT2D eigenvalue weighted by Crippen LogP contribution is 2.37. The molecule has 4 heteroatoms. The number of rotatable bonds is 3. The van der Waals surface area contributed by atoms with Crippen LogP contribution in [0.25, 0.3) is 0 Å². The summed E-state index contributed by atoms with van der Waals surface area (Å²) in [6.07, 6.45) is 2.10. The highest BCUT2D eigenvalue weighted by atomic mass is 16.5. The normalized spacial score (nSPS) is 26.8. The lowest BCUT2D eigenvalue weighted by atomic mass is 9.95. The quantitative estimate of drug-likeness (QED) is 0.915. The summed E-state index contributed by atoms with van der Waals surface area (Å²) in [5, 5.41) is 2.24. The molecular weight excluding hydrogens is 322 g/mol. The fraction of sp³-hybridized carbons (Fsp3) is 0.455. The van der Waals surface area contributed by atoms with Crippen LogP contribution in [0.5, 0.6) is 0 Å². The van der Waals surface area contributed by atoms with E-state index in [2.05, 4.69) is 90.0 Å². The maximum atomic E-state index is 6.70. The zero-order chi connectivity index (χ0) is 18.0. The van der Waals surface area contributed by atoms with Crippen molar-refractivity contribution < 1.29 is 4.74 Å². The van der Waals surface area contributed by atoms with Crippen LogP contribution in [-0.2, 0) is 11.3 Å². The molecule has 1 spiro atoms. The van der Waals surface area contributed by atoms with Crippen molar-refractivity contribution in [3.63, 3.8) is 0 Å². The summed E-state index contributed by atoms with van der Waals surface area (Å²) < 4.78 is 6.70. The fourth-order valence-corrected chi connectivity index (χ4v) is 4.13. The third-order valence-corrected chi connectivity index (χ3v) is 5.82. The number of hydrogen-bond donors (Lipinski definition) is 1. The number of likely N-dealkylation sites (tertiary alicyclic amines) is 1. The van der Waals surface area contributed by atoms with Gasteiger partial charge in [0.1, 0.15) is 11.8 Å². The molecular formula is C22H29N3O. The van der Waals surface area contributed by atoms with E-state index < -0.39 is 0 Å². The van der Waals surface area contributed by atoms with Gasteiger partial charge in [-0.1, -0.05) is 60.7 Å². The van der Waals surface area contributed by atoms with E-state index in [1.807, 2.05) is 0 Å². The van der Waals surface area contributed by atoms with E-state index >= 15 is 0 Å². The van der Waals surface area contributed by atoms with E-state index in [0.29, 0.717) is 6.04 Å². The minimum Gasteiger partial charge on any atom is -0.350 e. The Morgan fingerprint density at radius 2 is 1.62 bits per heavy atom. The summed E-state index contributed by atoms with van der Waals surface area (Å²) in [5.74, 6) is 0. The molecule has 2 heterocycles. The van der Waals surface area contributed by atoms with Crippen LogP contribution in [0.2, 0.25) is 0 Å². The number of piperidine rings is 1. The molecule has 0 amide bonds. The van der Waals surface area contributed by atoms with Crippen LogP contribution in [0.4, 0.5) is 0 Å². The first kappa shape index (κ1) is 17.7. The van der Waals surface area contributed by atoms with Gasteiger partial charge in [0.2, 0.25) is 0 Å². The van der Waals surface area contributed by atoms with Crippen molar-refractivity contribution in [3.05, 3.63) is 71.8 Å². The van der Waals surface area contributed by atoms with E-state index in [0.717, 1.165) is 32.5 Å². The van der Waals surface area contributed by atoms with E-state index in [4.69, 9.17) is 4.74 Å². The van der Waals surface area contributed by atoms with Crippen LogP contribution in [-0.4, -0.2) is 41.8 Å². The number of hydrazine groups is 1. The molecule has 2 atom stereocenters. The molecule has 4 rings (SSSR count). The monoisotopic (exact) mass is 351 g/mol. The first-order valence-corrected chi connectivity index (χ1v) is 9.65. The van der Waals surface area contributed by atoms with E-state index in [1.54, 1.807) is 0 Å². The second-order valence-corrected chi connectivity index (χ2v) is 7.67. The lowest BCUT2D eigenvalue weighted by Crippen LogP contribution is -2.66. The van der Waals surface area contributed by atoms with Gasteiger partial charge < -0.3 is 4.74 Å². The molecule has 0 aliphatic carbocycles. The fourth-order valence-electron chi connectivity index (χ4n) is 4.13. The summed E-state index contributed by atoms with van der Waals surface area (Å²) >= 11 is 0. The summed E-state index contributed by atoms with van der Waals surface area (Å²) in [4.78, 5) is 2.53. The van der Waals surface area contributed by atoms with Crippen LogP contribution in [0.3, 0.4) is 0 Å². The average Bonchev–Trinajstić information content (AvgIpc) is 2.68. The molecule has 2 aromatic carbocycles. The Morgan fingerprint density at radius 3 is 2.27 bits per heavy atom. The lowest BCUT2D eigenvalue weighted by Gasteiger charge is -2.52. The molecule has 2 aromatic rings. The molecule has 0 bridgehead atoms. The smallest absolute Gasteiger partial charge is 0.134 e. The minimum atomic E-state index is -0.255. The molecule has 2 saturated heterocycles. The molecule has 2 fully saturated rings. The Labute approximate surface area is 156 Å². The third kappa shape index (κ3) is 3.69. The molecule has 4 nitrogen and oxygen atoms in total. The van der Waals surface area contributed by atoms with E-state index in [1.165, 1.54) is 11.1 Å². The Kier molecular flexibility index (Phi) is 5.09. The van der Waals surface area contributed by atoms with Gasteiger partial charge in [0.15, 0.2) is 0 Å². The summed E-state index contributed by atoms with van der Waals surface area (Å²) in [7, 11) is 2.14. The Hall–Kier alpha value is -1.72. The molecule has 0 aromatic heterocycles.